The molecule has 1 aromatic carbocycles. The molecule has 0 saturated carbocycles. The quantitative estimate of drug-likeness (QED) is 0.325. The minimum atomic E-state index is 0.503. The van der Waals surface area contributed by atoms with Gasteiger partial charge in [0.2, 0.25) is 0 Å². The molecule has 1 N–H and O–H groups in total. The van der Waals surface area contributed by atoms with Gasteiger partial charge in [-0.15, -0.1) is 11.8 Å². The third kappa shape index (κ3) is 5.61. The molecule has 0 aliphatic heterocycles. The number of hydrogen-bond acceptors (Lipinski definition) is 6. The largest absolute Gasteiger partial charge is 0.400 e. The first-order valence-electron chi connectivity index (χ1n) is 8.78. The molecule has 0 aromatic heterocycles. The lowest BCUT2D eigenvalue weighted by atomic mass is 9.88. The third-order valence-electron chi connectivity index (χ3n) is 4.37. The maximum Gasteiger partial charge on any atom is 0.129 e. The summed E-state index contributed by atoms with van der Waals surface area (Å²) >= 11 is 1.62. The van der Waals surface area contributed by atoms with Crippen molar-refractivity contribution >= 4 is 36.1 Å². The zero-order valence-electron chi connectivity index (χ0n) is 16.4. The lowest BCUT2D eigenvalue weighted by molar-refractivity contribution is -0.105. The van der Waals surface area contributed by atoms with Crippen molar-refractivity contribution in [2.24, 2.45) is 4.99 Å². The number of hydrogen-bond donors (Lipinski definition) is 1. The summed E-state index contributed by atoms with van der Waals surface area (Å²) in [5, 5.41) is 7.00. The molecular weight excluding hydrogens is 346 g/mol. The van der Waals surface area contributed by atoms with Crippen LogP contribution < -0.4 is 9.80 Å². The predicted molar refractivity (Wildman–Crippen MR) is 115 cm³/mol. The van der Waals surface area contributed by atoms with E-state index in [-0.39, 0.29) is 0 Å². The van der Waals surface area contributed by atoms with E-state index in [4.69, 9.17) is 5.11 Å². The molecule has 5 nitrogen and oxygen atoms in total. The summed E-state index contributed by atoms with van der Waals surface area (Å²) in [4.78, 5) is 19.1. The zero-order valence-corrected chi connectivity index (χ0v) is 17.2. The number of nitrogens with zero attached hydrogens (tertiary/aromatic N) is 3. The molecule has 144 valence electrons. The highest BCUT2D eigenvalue weighted by molar-refractivity contribution is 7.99. The maximum atomic E-state index is 10.7. The monoisotopic (exact) mass is 377 g/mol. The SMILES string of the molecule is C=N/C=C(/C)N(CSCC=O)c1ccc(N(C)C)c2c1CCCC2.CO. The van der Waals surface area contributed by atoms with Gasteiger partial charge in [-0.25, -0.2) is 0 Å². The molecule has 0 spiro atoms. The molecule has 0 bridgehead atoms. The number of thioether (sulfide) groups is 1. The van der Waals surface area contributed by atoms with E-state index >= 15 is 0 Å². The molecule has 0 heterocycles. The van der Waals surface area contributed by atoms with Gasteiger partial charge in [0.25, 0.3) is 0 Å². The number of aliphatic hydroxyl groups excluding tert-OH is 1. The third-order valence-corrected chi connectivity index (χ3v) is 5.18. The maximum absolute atomic E-state index is 10.7. The highest BCUT2D eigenvalue weighted by Gasteiger charge is 2.21. The van der Waals surface area contributed by atoms with Gasteiger partial charge in [0.1, 0.15) is 6.29 Å². The van der Waals surface area contributed by atoms with Gasteiger partial charge in [0, 0.05) is 44.5 Å². The fourth-order valence-electron chi connectivity index (χ4n) is 3.26. The first kappa shape index (κ1) is 22.3. The van der Waals surface area contributed by atoms with Crippen molar-refractivity contribution in [1.29, 1.82) is 0 Å². The van der Waals surface area contributed by atoms with Gasteiger partial charge < -0.3 is 19.7 Å². The van der Waals surface area contributed by atoms with Crippen LogP contribution in [0.2, 0.25) is 0 Å². The Morgan fingerprint density at radius 3 is 2.35 bits per heavy atom. The molecule has 26 heavy (non-hydrogen) atoms. The number of carbonyl (C=O) groups excluding carboxylic acids is 1. The Morgan fingerprint density at radius 1 is 1.23 bits per heavy atom. The number of rotatable bonds is 8. The second kappa shape index (κ2) is 11.8. The van der Waals surface area contributed by atoms with Crippen LogP contribution in [0.25, 0.3) is 0 Å². The number of aldehydes is 1. The van der Waals surface area contributed by atoms with Crippen molar-refractivity contribution in [3.8, 4) is 0 Å². The number of anilines is 2. The van der Waals surface area contributed by atoms with Crippen LogP contribution in [-0.4, -0.2) is 50.9 Å². The summed E-state index contributed by atoms with van der Waals surface area (Å²) in [5.74, 6) is 1.24. The van der Waals surface area contributed by atoms with Gasteiger partial charge in [0.05, 0.1) is 11.6 Å². The average Bonchev–Trinajstić information content (AvgIpc) is 2.66. The van der Waals surface area contributed by atoms with E-state index in [0.29, 0.717) is 5.75 Å². The van der Waals surface area contributed by atoms with Gasteiger partial charge in [-0.05, 0) is 62.6 Å². The highest BCUT2D eigenvalue weighted by Crippen LogP contribution is 2.38. The van der Waals surface area contributed by atoms with E-state index in [1.54, 1.807) is 18.0 Å². The van der Waals surface area contributed by atoms with Gasteiger partial charge >= 0.3 is 0 Å². The Morgan fingerprint density at radius 2 is 1.81 bits per heavy atom. The Kier molecular flexibility index (Phi) is 10.1. The number of allylic oxidation sites excluding steroid dienone is 1. The van der Waals surface area contributed by atoms with E-state index < -0.39 is 0 Å². The van der Waals surface area contributed by atoms with E-state index in [9.17, 15) is 4.79 Å². The first-order chi connectivity index (χ1) is 12.6. The fourth-order valence-corrected chi connectivity index (χ4v) is 3.98. The topological polar surface area (TPSA) is 56.1 Å². The van der Waals surface area contributed by atoms with Crippen LogP contribution in [0.1, 0.15) is 30.9 Å². The highest BCUT2D eigenvalue weighted by atomic mass is 32.2. The second-order valence-electron chi connectivity index (χ2n) is 6.21. The van der Waals surface area contributed by atoms with Crippen LogP contribution in [-0.2, 0) is 17.6 Å². The van der Waals surface area contributed by atoms with E-state index in [2.05, 4.69) is 47.7 Å². The average molecular weight is 378 g/mol. The molecule has 1 aliphatic rings. The van der Waals surface area contributed by atoms with Crippen molar-refractivity contribution in [3.05, 3.63) is 35.2 Å². The van der Waals surface area contributed by atoms with Crippen LogP contribution in [0.3, 0.4) is 0 Å². The Hall–Kier alpha value is -1.79. The van der Waals surface area contributed by atoms with Crippen LogP contribution in [0, 0.1) is 0 Å². The van der Waals surface area contributed by atoms with Crippen LogP contribution in [0.4, 0.5) is 11.4 Å². The lowest BCUT2D eigenvalue weighted by Gasteiger charge is -2.32. The standard InChI is InChI=1S/C19H27N3OS.CH4O/c1-15(13-20-2)22(14-24-12-11-23)19-10-9-18(21(3)4)16-7-5-6-8-17(16)19;1-2/h9-11,13H,2,5-8,12,14H2,1,3-4H3;2H,1H3/b15-13-;. The Balaban J connectivity index is 0.00000163. The molecule has 0 radical (unpaired) electrons. The summed E-state index contributed by atoms with van der Waals surface area (Å²) in [7, 11) is 5.21. The molecule has 1 aromatic rings. The summed E-state index contributed by atoms with van der Waals surface area (Å²) in [6, 6.07) is 4.42. The van der Waals surface area contributed by atoms with Crippen molar-refractivity contribution < 1.29 is 9.90 Å². The van der Waals surface area contributed by atoms with E-state index in [0.717, 1.165) is 37.8 Å². The Labute approximate surface area is 161 Å². The van der Waals surface area contributed by atoms with Gasteiger partial charge in [-0.3, -0.25) is 4.99 Å². The second-order valence-corrected chi connectivity index (χ2v) is 7.21. The van der Waals surface area contributed by atoms with E-state index in [1.165, 1.54) is 35.3 Å². The lowest BCUT2D eigenvalue weighted by Crippen LogP contribution is -2.24. The molecule has 0 atom stereocenters. The smallest absolute Gasteiger partial charge is 0.129 e. The van der Waals surface area contributed by atoms with Crippen molar-refractivity contribution in [2.45, 2.75) is 32.6 Å². The normalized spacial score (nSPS) is 13.2. The Bertz CT molecular complexity index is 630. The number of benzene rings is 1. The molecular formula is C20H31N3O2S. The van der Waals surface area contributed by atoms with E-state index in [1.807, 2.05) is 6.92 Å². The predicted octanol–water partition coefficient (Wildman–Crippen LogP) is 3.50. The van der Waals surface area contributed by atoms with Crippen molar-refractivity contribution in [3.63, 3.8) is 0 Å². The van der Waals surface area contributed by atoms with Crippen LogP contribution in [0.5, 0.6) is 0 Å². The number of aliphatic imine (C=N–C) groups is 1. The van der Waals surface area contributed by atoms with Gasteiger partial charge in [-0.1, -0.05) is 0 Å². The molecule has 0 saturated heterocycles. The number of fused-ring (bicyclic) bond motifs is 1. The molecule has 0 amide bonds. The minimum absolute atomic E-state index is 0.503. The summed E-state index contributed by atoms with van der Waals surface area (Å²) < 4.78 is 0. The number of carbonyl (C=O) groups is 1. The number of aliphatic hydroxyl groups is 1. The first-order valence-corrected chi connectivity index (χ1v) is 9.94. The minimum Gasteiger partial charge on any atom is -0.400 e. The molecule has 2 rings (SSSR count). The molecule has 6 heteroatoms. The molecule has 1 aliphatic carbocycles. The van der Waals surface area contributed by atoms with Crippen LogP contribution >= 0.6 is 11.8 Å². The fraction of sp³-hybridized carbons (Fsp3) is 0.500. The summed E-state index contributed by atoms with van der Waals surface area (Å²) in [5.41, 5.74) is 6.52. The van der Waals surface area contributed by atoms with Gasteiger partial charge in [-0.2, -0.15) is 0 Å². The van der Waals surface area contributed by atoms with Crippen LogP contribution in [0.15, 0.2) is 29.0 Å². The summed E-state index contributed by atoms with van der Waals surface area (Å²) in [6.07, 6.45) is 7.47. The zero-order chi connectivity index (χ0) is 19.5. The molecule has 0 unspecified atom stereocenters. The van der Waals surface area contributed by atoms with Crippen molar-refractivity contribution in [2.75, 3.05) is 42.6 Å². The van der Waals surface area contributed by atoms with Gasteiger partial charge in [0.15, 0.2) is 0 Å². The molecule has 0 fully saturated rings. The van der Waals surface area contributed by atoms with Crippen molar-refractivity contribution in [1.82, 2.24) is 0 Å². The summed E-state index contributed by atoms with van der Waals surface area (Å²) in [6.45, 7) is 5.62.